The first-order chi connectivity index (χ1) is 18.4. The maximum atomic E-state index is 13.1. The van der Waals surface area contributed by atoms with Crippen molar-refractivity contribution in [3.63, 3.8) is 0 Å². The fourth-order valence-electron chi connectivity index (χ4n) is 8.10. The summed E-state index contributed by atoms with van der Waals surface area (Å²) < 4.78 is 39.8. The zero-order valence-corrected chi connectivity index (χ0v) is 23.8. The molecule has 38 heavy (non-hydrogen) atoms. The van der Waals surface area contributed by atoms with E-state index in [-0.39, 0.29) is 17.3 Å². The maximum Gasteiger partial charge on any atom is 0.214 e. The van der Waals surface area contributed by atoms with Crippen molar-refractivity contribution in [2.75, 3.05) is 45.1 Å². The molecular formula is C30H45N3O4S. The summed E-state index contributed by atoms with van der Waals surface area (Å²) in [6, 6.07) is 9.69. The van der Waals surface area contributed by atoms with Crippen molar-refractivity contribution in [2.24, 2.45) is 5.92 Å². The number of benzene rings is 1. The second-order valence-corrected chi connectivity index (χ2v) is 14.4. The van der Waals surface area contributed by atoms with Crippen LogP contribution in [0.5, 0.6) is 0 Å². The molecule has 4 fully saturated rings. The molecule has 0 N–H and O–H groups in total. The fraction of sp³-hybridized carbons (Fsp3) is 0.733. The lowest BCUT2D eigenvalue weighted by Gasteiger charge is -2.49. The van der Waals surface area contributed by atoms with Gasteiger partial charge in [-0.3, -0.25) is 0 Å². The molecule has 4 aliphatic heterocycles. The Balaban J connectivity index is 1.13. The van der Waals surface area contributed by atoms with E-state index in [1.165, 1.54) is 36.8 Å². The topological polar surface area (TPSA) is 62.3 Å². The molecule has 1 aliphatic carbocycles. The van der Waals surface area contributed by atoms with Crippen molar-refractivity contribution in [3.05, 3.63) is 47.9 Å². The summed E-state index contributed by atoms with van der Waals surface area (Å²) in [7, 11) is -3.23. The SMILES string of the molecule is C=C(O[C@H]1CCOC1)N1CCCC2CC(N3CCC4(CC3)CN(S(=O)(=O)CCC)Cc3ccccc34)CC21. The van der Waals surface area contributed by atoms with E-state index in [2.05, 4.69) is 40.6 Å². The predicted molar refractivity (Wildman–Crippen MR) is 149 cm³/mol. The van der Waals surface area contributed by atoms with Crippen molar-refractivity contribution in [1.82, 2.24) is 14.1 Å². The summed E-state index contributed by atoms with van der Waals surface area (Å²) in [6.45, 7) is 12.0. The van der Waals surface area contributed by atoms with Crippen LogP contribution in [0.15, 0.2) is 36.7 Å². The lowest BCUT2D eigenvalue weighted by atomic mass is 9.69. The van der Waals surface area contributed by atoms with E-state index in [1.807, 2.05) is 6.92 Å². The Morgan fingerprint density at radius 1 is 1.16 bits per heavy atom. The second kappa shape index (κ2) is 10.8. The normalized spacial score (nSPS) is 31.8. The number of hydrogen-bond donors (Lipinski definition) is 0. The Morgan fingerprint density at radius 3 is 2.74 bits per heavy atom. The van der Waals surface area contributed by atoms with Crippen LogP contribution < -0.4 is 0 Å². The van der Waals surface area contributed by atoms with Gasteiger partial charge in [0.1, 0.15) is 6.10 Å². The third kappa shape index (κ3) is 5.02. The number of piperidine rings is 2. The molecule has 5 aliphatic rings. The van der Waals surface area contributed by atoms with Crippen molar-refractivity contribution >= 4 is 10.0 Å². The van der Waals surface area contributed by atoms with Gasteiger partial charge in [0.15, 0.2) is 5.88 Å². The zero-order valence-electron chi connectivity index (χ0n) is 23.0. The van der Waals surface area contributed by atoms with Gasteiger partial charge in [-0.25, -0.2) is 8.42 Å². The number of fused-ring (bicyclic) bond motifs is 3. The minimum atomic E-state index is -3.23. The van der Waals surface area contributed by atoms with E-state index in [0.29, 0.717) is 44.1 Å². The highest BCUT2D eigenvalue weighted by Crippen LogP contribution is 2.46. The van der Waals surface area contributed by atoms with Gasteiger partial charge in [-0.05, 0) is 81.7 Å². The molecule has 4 heterocycles. The average Bonchev–Trinajstić information content (AvgIpc) is 3.59. The lowest BCUT2D eigenvalue weighted by Crippen LogP contribution is -2.54. The molecule has 3 unspecified atom stereocenters. The van der Waals surface area contributed by atoms with Crippen LogP contribution in [0.4, 0.5) is 0 Å². The largest absolute Gasteiger partial charge is 0.474 e. The van der Waals surface area contributed by atoms with E-state index in [9.17, 15) is 8.42 Å². The molecule has 0 bridgehead atoms. The fourth-order valence-corrected chi connectivity index (χ4v) is 9.66. The summed E-state index contributed by atoms with van der Waals surface area (Å²) in [5, 5.41) is 0. The van der Waals surface area contributed by atoms with E-state index >= 15 is 0 Å². The number of ether oxygens (including phenoxy) is 2. The van der Waals surface area contributed by atoms with Gasteiger partial charge in [-0.15, -0.1) is 0 Å². The minimum absolute atomic E-state index is 0.0744. The van der Waals surface area contributed by atoms with Crippen LogP contribution in [0.25, 0.3) is 0 Å². The Hall–Kier alpha value is -1.61. The molecule has 0 amide bonds. The van der Waals surface area contributed by atoms with E-state index in [4.69, 9.17) is 9.47 Å². The summed E-state index contributed by atoms with van der Waals surface area (Å²) in [5.74, 6) is 1.79. The number of nitrogens with zero attached hydrogens (tertiary/aromatic N) is 3. The molecule has 210 valence electrons. The maximum absolute atomic E-state index is 13.1. The van der Waals surface area contributed by atoms with Crippen molar-refractivity contribution in [3.8, 4) is 0 Å². The van der Waals surface area contributed by atoms with E-state index in [1.54, 1.807) is 4.31 Å². The predicted octanol–water partition coefficient (Wildman–Crippen LogP) is 4.10. The van der Waals surface area contributed by atoms with Crippen LogP contribution in [0.1, 0.15) is 69.4 Å². The quantitative estimate of drug-likeness (QED) is 0.483. The standard InChI is InChI=1S/C30H45N3O4S/c1-3-17-38(34,35)32-20-25-7-4-5-9-28(25)30(22-32)11-14-31(15-12-30)26-18-24-8-6-13-33(29(24)19-26)23(2)37-27-10-16-36-21-27/h4-5,7,9,24,26-27,29H,2-3,6,8,10-22H2,1H3/t24?,26?,27-,29?/m0/s1. The molecule has 4 atom stereocenters. The summed E-state index contributed by atoms with van der Waals surface area (Å²) in [6.07, 6.45) is 8.75. The molecule has 1 spiro atoms. The van der Waals surface area contributed by atoms with E-state index < -0.39 is 10.0 Å². The Kier molecular flexibility index (Phi) is 7.53. The van der Waals surface area contributed by atoms with Gasteiger partial charge in [-0.1, -0.05) is 31.2 Å². The van der Waals surface area contributed by atoms with Crippen LogP contribution in [0, 0.1) is 5.92 Å². The molecule has 6 rings (SSSR count). The zero-order chi connectivity index (χ0) is 26.3. The first kappa shape index (κ1) is 26.6. The third-order valence-electron chi connectivity index (χ3n) is 10.1. The van der Waals surface area contributed by atoms with Crippen LogP contribution >= 0.6 is 0 Å². The van der Waals surface area contributed by atoms with Crippen LogP contribution in [0.3, 0.4) is 0 Å². The number of likely N-dealkylation sites (tertiary alicyclic amines) is 2. The van der Waals surface area contributed by atoms with Crippen LogP contribution in [-0.4, -0.2) is 85.9 Å². The van der Waals surface area contributed by atoms with Crippen LogP contribution in [-0.2, 0) is 31.5 Å². The third-order valence-corrected chi connectivity index (χ3v) is 12.0. The van der Waals surface area contributed by atoms with Crippen molar-refractivity contribution in [2.45, 2.75) is 88.4 Å². The van der Waals surface area contributed by atoms with Crippen molar-refractivity contribution < 1.29 is 17.9 Å². The van der Waals surface area contributed by atoms with E-state index in [0.717, 1.165) is 51.4 Å². The van der Waals surface area contributed by atoms with Gasteiger partial charge in [0.25, 0.3) is 0 Å². The molecule has 1 aromatic carbocycles. The molecule has 7 nitrogen and oxygen atoms in total. The highest BCUT2D eigenvalue weighted by Gasteiger charge is 2.48. The smallest absolute Gasteiger partial charge is 0.214 e. The second-order valence-electron chi connectivity index (χ2n) is 12.3. The molecule has 0 radical (unpaired) electrons. The van der Waals surface area contributed by atoms with Gasteiger partial charge in [0.2, 0.25) is 10.0 Å². The minimum Gasteiger partial charge on any atom is -0.474 e. The van der Waals surface area contributed by atoms with Crippen molar-refractivity contribution in [1.29, 1.82) is 0 Å². The molecule has 1 aromatic rings. The molecular weight excluding hydrogens is 498 g/mol. The molecule has 8 heteroatoms. The van der Waals surface area contributed by atoms with Gasteiger partial charge in [0, 0.05) is 43.6 Å². The number of rotatable bonds is 7. The summed E-state index contributed by atoms with van der Waals surface area (Å²) in [4.78, 5) is 5.18. The number of sulfonamides is 1. The highest BCUT2D eigenvalue weighted by atomic mass is 32.2. The molecule has 1 saturated carbocycles. The lowest BCUT2D eigenvalue weighted by molar-refractivity contribution is 0.00814. The van der Waals surface area contributed by atoms with Gasteiger partial charge in [-0.2, -0.15) is 4.31 Å². The summed E-state index contributed by atoms with van der Waals surface area (Å²) in [5.41, 5.74) is 2.51. The van der Waals surface area contributed by atoms with Gasteiger partial charge < -0.3 is 19.3 Å². The molecule has 3 saturated heterocycles. The van der Waals surface area contributed by atoms with Gasteiger partial charge in [0.05, 0.1) is 19.0 Å². The Labute approximate surface area is 229 Å². The van der Waals surface area contributed by atoms with Gasteiger partial charge >= 0.3 is 0 Å². The average molecular weight is 544 g/mol. The Morgan fingerprint density at radius 2 is 1.97 bits per heavy atom. The monoisotopic (exact) mass is 543 g/mol. The van der Waals surface area contributed by atoms with Crippen LogP contribution in [0.2, 0.25) is 0 Å². The first-order valence-electron chi connectivity index (χ1n) is 14.9. The molecule has 0 aromatic heterocycles. The number of hydrogen-bond acceptors (Lipinski definition) is 6. The highest BCUT2D eigenvalue weighted by molar-refractivity contribution is 7.89. The first-order valence-corrected chi connectivity index (χ1v) is 16.5. The Bertz CT molecular complexity index is 1110. The summed E-state index contributed by atoms with van der Waals surface area (Å²) >= 11 is 0.